The van der Waals surface area contributed by atoms with Crippen molar-refractivity contribution < 1.29 is 19.3 Å². The van der Waals surface area contributed by atoms with E-state index in [1.165, 1.54) is 6.20 Å². The first kappa shape index (κ1) is 38.8. The summed E-state index contributed by atoms with van der Waals surface area (Å²) in [6.45, 7) is 9.11. The highest BCUT2D eigenvalue weighted by Crippen LogP contribution is 2.37. The molecule has 2 aromatic heterocycles. The molecular weight excluding hydrogens is 724 g/mol. The van der Waals surface area contributed by atoms with Crippen LogP contribution in [-0.2, 0) is 26.3 Å². The third kappa shape index (κ3) is 9.49. The molecule has 1 atom stereocenters. The van der Waals surface area contributed by atoms with E-state index in [9.17, 15) is 10.4 Å². The predicted molar refractivity (Wildman–Crippen MR) is 219 cm³/mol. The molecule has 7 rings (SSSR count). The number of likely N-dealkylation sites (tertiary alicyclic amines) is 1. The van der Waals surface area contributed by atoms with Gasteiger partial charge in [0.05, 0.1) is 40.9 Å². The van der Waals surface area contributed by atoms with Crippen LogP contribution in [0.15, 0.2) is 91.3 Å². The van der Waals surface area contributed by atoms with Crippen molar-refractivity contribution in [3.63, 3.8) is 0 Å². The Kier molecular flexibility index (Phi) is 12.5. The highest BCUT2D eigenvalue weighted by molar-refractivity contribution is 6.32. The second-order valence-electron chi connectivity index (χ2n) is 14.5. The van der Waals surface area contributed by atoms with Crippen LogP contribution in [0.25, 0.3) is 22.2 Å². The monoisotopic (exact) mass is 770 g/mol. The zero-order chi connectivity index (χ0) is 39.0. The molecule has 10 nitrogen and oxygen atoms in total. The summed E-state index contributed by atoms with van der Waals surface area (Å²) >= 11 is 6.93. The molecule has 0 saturated carbocycles. The second kappa shape index (κ2) is 18.0. The second-order valence-corrected chi connectivity index (χ2v) is 14.9. The molecule has 0 unspecified atom stereocenters. The van der Waals surface area contributed by atoms with Crippen LogP contribution in [-0.4, -0.2) is 69.3 Å². The fraction of sp³-hybridized carbons (Fsp3) is 0.311. The maximum atomic E-state index is 9.82. The number of aliphatic hydroxyl groups is 1. The van der Waals surface area contributed by atoms with Gasteiger partial charge in [0, 0.05) is 55.8 Å². The van der Waals surface area contributed by atoms with Crippen molar-refractivity contribution in [1.29, 1.82) is 5.26 Å². The molecule has 288 valence electrons. The largest absolute Gasteiger partial charge is 0.493 e. The van der Waals surface area contributed by atoms with Crippen molar-refractivity contribution >= 4 is 22.6 Å². The number of hydrogen-bond donors (Lipinski definition) is 2. The van der Waals surface area contributed by atoms with Gasteiger partial charge in [-0.1, -0.05) is 54.1 Å². The Balaban J connectivity index is 1.06. The molecule has 6 aromatic rings. The van der Waals surface area contributed by atoms with Crippen LogP contribution in [0.4, 0.5) is 0 Å². The first-order valence-electron chi connectivity index (χ1n) is 19.0. The van der Waals surface area contributed by atoms with E-state index in [4.69, 9.17) is 30.8 Å². The Morgan fingerprint density at radius 2 is 1.70 bits per heavy atom. The number of para-hydroxylation sites is 2. The van der Waals surface area contributed by atoms with Crippen LogP contribution in [0.3, 0.4) is 0 Å². The SMILES string of the molecule is Cc1c(COc2cc(OCc3cncc(C#N)c3)c(CN(C)Cc3nc4ccccc4[nH]3)cc2Cl)cccc1-c1cccc(OCCCN2CC[C@@H](O)C2)c1C. The van der Waals surface area contributed by atoms with Crippen LogP contribution >= 0.6 is 11.6 Å². The molecular formula is C45H47ClN6O4. The number of nitrogens with zero attached hydrogens (tertiary/aromatic N) is 5. The van der Waals surface area contributed by atoms with Crippen molar-refractivity contribution in [2.45, 2.75) is 59.1 Å². The minimum absolute atomic E-state index is 0.204. The maximum Gasteiger partial charge on any atom is 0.142 e. The zero-order valence-corrected chi connectivity index (χ0v) is 32.9. The topological polar surface area (TPSA) is 120 Å². The summed E-state index contributed by atoms with van der Waals surface area (Å²) in [6.07, 6.45) is 4.78. The molecule has 3 heterocycles. The summed E-state index contributed by atoms with van der Waals surface area (Å²) in [6, 6.07) is 28.1. The number of ether oxygens (including phenoxy) is 3. The third-order valence-electron chi connectivity index (χ3n) is 10.3. The predicted octanol–water partition coefficient (Wildman–Crippen LogP) is 8.39. The summed E-state index contributed by atoms with van der Waals surface area (Å²) in [5.41, 5.74) is 9.53. The van der Waals surface area contributed by atoms with Gasteiger partial charge in [-0.15, -0.1) is 0 Å². The van der Waals surface area contributed by atoms with Gasteiger partial charge in [0.2, 0.25) is 0 Å². The van der Waals surface area contributed by atoms with Gasteiger partial charge in [0.15, 0.2) is 0 Å². The van der Waals surface area contributed by atoms with Gasteiger partial charge in [-0.3, -0.25) is 9.88 Å². The zero-order valence-electron chi connectivity index (χ0n) is 32.1. The van der Waals surface area contributed by atoms with Crippen molar-refractivity contribution in [2.75, 3.05) is 33.3 Å². The molecule has 0 spiro atoms. The first-order chi connectivity index (χ1) is 27.2. The summed E-state index contributed by atoms with van der Waals surface area (Å²) in [4.78, 5) is 16.8. The highest BCUT2D eigenvalue weighted by atomic mass is 35.5. The van der Waals surface area contributed by atoms with Gasteiger partial charge in [0.1, 0.15) is 42.4 Å². The summed E-state index contributed by atoms with van der Waals surface area (Å²) in [5.74, 6) is 2.87. The Hall–Kier alpha value is -5.44. The van der Waals surface area contributed by atoms with E-state index in [1.807, 2.05) is 55.6 Å². The van der Waals surface area contributed by atoms with E-state index in [1.54, 1.807) is 12.3 Å². The summed E-state index contributed by atoms with van der Waals surface area (Å²) in [5, 5.41) is 19.7. The lowest BCUT2D eigenvalue weighted by Crippen LogP contribution is -2.24. The number of hydrogen-bond acceptors (Lipinski definition) is 9. The number of β-amino-alcohol motifs (C(OH)–C–C–N with tert-alkyl or cyclic N) is 1. The number of aromatic nitrogens is 3. The number of fused-ring (bicyclic) bond motifs is 1. The lowest BCUT2D eigenvalue weighted by Gasteiger charge is -2.20. The number of benzene rings is 4. The van der Waals surface area contributed by atoms with Crippen molar-refractivity contribution in [1.82, 2.24) is 24.8 Å². The van der Waals surface area contributed by atoms with Crippen molar-refractivity contribution in [2.24, 2.45) is 0 Å². The minimum Gasteiger partial charge on any atom is -0.493 e. The molecule has 0 bridgehead atoms. The van der Waals surface area contributed by atoms with Gasteiger partial charge in [-0.05, 0) is 91.9 Å². The van der Waals surface area contributed by atoms with Gasteiger partial charge < -0.3 is 29.2 Å². The third-order valence-corrected chi connectivity index (χ3v) is 10.6. The quantitative estimate of drug-likeness (QED) is 0.0936. The van der Waals surface area contributed by atoms with E-state index in [0.717, 1.165) is 94.0 Å². The minimum atomic E-state index is -0.204. The van der Waals surface area contributed by atoms with E-state index in [2.05, 4.69) is 63.9 Å². The fourth-order valence-electron chi connectivity index (χ4n) is 7.25. The number of halogens is 1. The lowest BCUT2D eigenvalue weighted by molar-refractivity contribution is 0.173. The maximum absolute atomic E-state index is 9.82. The van der Waals surface area contributed by atoms with Crippen LogP contribution in [0.2, 0.25) is 5.02 Å². The van der Waals surface area contributed by atoms with Crippen LogP contribution < -0.4 is 14.2 Å². The van der Waals surface area contributed by atoms with Crippen molar-refractivity contribution in [3.05, 3.63) is 135 Å². The highest BCUT2D eigenvalue weighted by Gasteiger charge is 2.20. The van der Waals surface area contributed by atoms with Gasteiger partial charge in [-0.25, -0.2) is 4.98 Å². The van der Waals surface area contributed by atoms with Gasteiger partial charge in [-0.2, -0.15) is 5.26 Å². The Labute approximate surface area is 333 Å². The number of aliphatic hydroxyl groups excluding tert-OH is 1. The number of nitriles is 1. The summed E-state index contributed by atoms with van der Waals surface area (Å²) < 4.78 is 19.1. The average Bonchev–Trinajstić information content (AvgIpc) is 3.81. The molecule has 0 amide bonds. The van der Waals surface area contributed by atoms with Crippen molar-refractivity contribution in [3.8, 4) is 34.4 Å². The smallest absolute Gasteiger partial charge is 0.142 e. The Bertz CT molecular complexity index is 2310. The van der Waals surface area contributed by atoms with Crippen LogP contribution in [0.5, 0.6) is 17.2 Å². The van der Waals surface area contributed by atoms with E-state index < -0.39 is 0 Å². The molecule has 1 aliphatic rings. The molecule has 2 N–H and O–H groups in total. The molecule has 11 heteroatoms. The molecule has 1 fully saturated rings. The Morgan fingerprint density at radius 3 is 2.50 bits per heavy atom. The van der Waals surface area contributed by atoms with Gasteiger partial charge in [0.25, 0.3) is 0 Å². The molecule has 1 saturated heterocycles. The number of aromatic amines is 1. The fourth-order valence-corrected chi connectivity index (χ4v) is 7.49. The normalized spacial score (nSPS) is 14.3. The number of nitrogens with one attached hydrogen (secondary N) is 1. The Morgan fingerprint density at radius 1 is 0.893 bits per heavy atom. The lowest BCUT2D eigenvalue weighted by atomic mass is 9.93. The number of rotatable bonds is 16. The van der Waals surface area contributed by atoms with Crippen LogP contribution in [0, 0.1) is 25.2 Å². The van der Waals surface area contributed by atoms with Gasteiger partial charge >= 0.3 is 0 Å². The number of imidazole rings is 1. The molecule has 0 aliphatic carbocycles. The molecule has 4 aromatic carbocycles. The number of H-pyrrole nitrogens is 1. The van der Waals surface area contributed by atoms with E-state index >= 15 is 0 Å². The number of pyridine rings is 1. The summed E-state index contributed by atoms with van der Waals surface area (Å²) in [7, 11) is 2.02. The van der Waals surface area contributed by atoms with E-state index in [-0.39, 0.29) is 12.7 Å². The molecule has 0 radical (unpaired) electrons. The molecule has 56 heavy (non-hydrogen) atoms. The first-order valence-corrected chi connectivity index (χ1v) is 19.4. The van der Waals surface area contributed by atoms with E-state index in [0.29, 0.717) is 48.4 Å². The standard InChI is InChI=1S/C45H47ClN6O4/c1-30-34(9-6-10-37(30)38-11-7-14-42(31(38)2)54-18-8-16-52-17-15-36(53)26-52)29-56-44-21-43(55-28-33-19-32(22-47)23-48-24-33)35(20-39(44)46)25-51(3)27-45-49-40-12-4-5-13-41(40)50-45/h4-7,9-14,19-21,23-24,36,53H,8,15-18,25-29H2,1-3H3,(H,49,50)/t36-/m1/s1. The van der Waals surface area contributed by atoms with Crippen LogP contribution in [0.1, 0.15) is 52.0 Å². The average molecular weight is 771 g/mol. The molecule has 1 aliphatic heterocycles.